The largest absolute Gasteiger partial charge is 0.497 e. The quantitative estimate of drug-likeness (QED) is 0.580. The van der Waals surface area contributed by atoms with E-state index >= 15 is 0 Å². The Bertz CT molecular complexity index is 911. The lowest BCUT2D eigenvalue weighted by Crippen LogP contribution is -1.88. The smallest absolute Gasteiger partial charge is 0.227 e. The molecule has 22 heavy (non-hydrogen) atoms. The minimum atomic E-state index is 0.582. The number of fused-ring (bicyclic) bond motifs is 1. The predicted molar refractivity (Wildman–Crippen MR) is 80.9 cm³/mol. The summed E-state index contributed by atoms with van der Waals surface area (Å²) in [5.74, 6) is 1.38. The molecule has 0 unspecified atom stereocenters. The van der Waals surface area contributed by atoms with Gasteiger partial charge in [-0.25, -0.2) is 4.98 Å². The summed E-state index contributed by atoms with van der Waals surface area (Å²) >= 11 is 0. The van der Waals surface area contributed by atoms with Crippen LogP contribution in [0.4, 0.5) is 0 Å². The summed E-state index contributed by atoms with van der Waals surface area (Å²) in [4.78, 5) is 4.51. The molecule has 0 spiro atoms. The maximum Gasteiger partial charge on any atom is 0.227 e. The second kappa shape index (κ2) is 5.00. The van der Waals surface area contributed by atoms with Gasteiger partial charge in [0, 0.05) is 11.6 Å². The van der Waals surface area contributed by atoms with Gasteiger partial charge < -0.3 is 9.15 Å². The molecule has 4 rings (SSSR count). The molecule has 0 amide bonds. The van der Waals surface area contributed by atoms with Crippen molar-refractivity contribution in [3.63, 3.8) is 0 Å². The molecule has 0 aliphatic rings. The summed E-state index contributed by atoms with van der Waals surface area (Å²) in [7, 11) is 1.64. The standard InChI is InChI=1S/C16H12N4O2/c1-21-13-5-2-11(3-6-13)16-19-14-7-4-12(8-15(14)22-16)20-9-17-18-10-20/h2-10H,1H3. The van der Waals surface area contributed by atoms with Crippen molar-refractivity contribution in [2.24, 2.45) is 0 Å². The van der Waals surface area contributed by atoms with Gasteiger partial charge in [-0.2, -0.15) is 0 Å². The minimum absolute atomic E-state index is 0.582. The van der Waals surface area contributed by atoms with E-state index in [-0.39, 0.29) is 0 Å². The first-order chi connectivity index (χ1) is 10.8. The molecule has 0 atom stereocenters. The highest BCUT2D eigenvalue weighted by Gasteiger charge is 2.09. The highest BCUT2D eigenvalue weighted by molar-refractivity contribution is 5.78. The van der Waals surface area contributed by atoms with E-state index < -0.39 is 0 Å². The third kappa shape index (κ3) is 2.10. The van der Waals surface area contributed by atoms with Crippen molar-refractivity contribution in [1.82, 2.24) is 19.7 Å². The number of methoxy groups -OCH3 is 1. The topological polar surface area (TPSA) is 66.0 Å². The summed E-state index contributed by atoms with van der Waals surface area (Å²) < 4.78 is 12.8. The van der Waals surface area contributed by atoms with Gasteiger partial charge in [0.15, 0.2) is 5.58 Å². The van der Waals surface area contributed by atoms with E-state index in [0.717, 1.165) is 28.1 Å². The van der Waals surface area contributed by atoms with Crippen molar-refractivity contribution < 1.29 is 9.15 Å². The first-order valence-corrected chi connectivity index (χ1v) is 6.73. The van der Waals surface area contributed by atoms with E-state index in [0.29, 0.717) is 5.89 Å². The molecule has 4 aromatic rings. The molecular weight excluding hydrogens is 280 g/mol. The molecule has 0 aliphatic carbocycles. The molecule has 0 aliphatic heterocycles. The van der Waals surface area contributed by atoms with Crippen molar-refractivity contribution >= 4 is 11.1 Å². The first kappa shape index (κ1) is 12.6. The zero-order valence-corrected chi connectivity index (χ0v) is 11.8. The summed E-state index contributed by atoms with van der Waals surface area (Å²) in [6.45, 7) is 0. The number of benzene rings is 2. The molecule has 6 heteroatoms. The molecule has 2 aromatic carbocycles. The monoisotopic (exact) mass is 292 g/mol. The second-order valence-corrected chi connectivity index (χ2v) is 4.77. The van der Waals surface area contributed by atoms with Crippen LogP contribution in [-0.4, -0.2) is 26.9 Å². The number of hydrogen-bond donors (Lipinski definition) is 0. The lowest BCUT2D eigenvalue weighted by molar-refractivity contribution is 0.415. The van der Waals surface area contributed by atoms with Crippen LogP contribution in [0.1, 0.15) is 0 Å². The third-order valence-electron chi connectivity index (χ3n) is 3.43. The number of hydrogen-bond acceptors (Lipinski definition) is 5. The molecular formula is C16H12N4O2. The molecule has 6 nitrogen and oxygen atoms in total. The summed E-state index contributed by atoms with van der Waals surface area (Å²) in [5.41, 5.74) is 3.36. The maximum absolute atomic E-state index is 5.86. The molecule has 0 bridgehead atoms. The zero-order valence-electron chi connectivity index (χ0n) is 11.8. The normalized spacial score (nSPS) is 11.0. The Kier molecular flexibility index (Phi) is 2.86. The van der Waals surface area contributed by atoms with Crippen LogP contribution < -0.4 is 4.74 Å². The van der Waals surface area contributed by atoms with Crippen LogP contribution in [0.2, 0.25) is 0 Å². The number of nitrogens with zero attached hydrogens (tertiary/aromatic N) is 4. The average Bonchev–Trinajstić information content (AvgIpc) is 3.23. The molecule has 2 aromatic heterocycles. The van der Waals surface area contributed by atoms with Crippen molar-refractivity contribution in [3.05, 3.63) is 55.1 Å². The van der Waals surface area contributed by atoms with Crippen LogP contribution in [0.5, 0.6) is 5.75 Å². The fourth-order valence-electron chi connectivity index (χ4n) is 2.27. The highest BCUT2D eigenvalue weighted by atomic mass is 16.5. The Hall–Kier alpha value is -3.15. The molecule has 0 saturated carbocycles. The Morgan fingerprint density at radius 2 is 1.77 bits per heavy atom. The van der Waals surface area contributed by atoms with E-state index in [2.05, 4.69) is 15.2 Å². The number of aromatic nitrogens is 4. The first-order valence-electron chi connectivity index (χ1n) is 6.73. The zero-order chi connectivity index (χ0) is 14.9. The van der Waals surface area contributed by atoms with Crippen LogP contribution in [0, 0.1) is 0 Å². The van der Waals surface area contributed by atoms with E-state index in [1.54, 1.807) is 19.8 Å². The van der Waals surface area contributed by atoms with Gasteiger partial charge in [0.05, 0.1) is 12.8 Å². The fourth-order valence-corrected chi connectivity index (χ4v) is 2.27. The van der Waals surface area contributed by atoms with Crippen LogP contribution in [0.25, 0.3) is 28.2 Å². The molecule has 108 valence electrons. The van der Waals surface area contributed by atoms with Gasteiger partial charge in [0.1, 0.15) is 23.9 Å². The van der Waals surface area contributed by atoms with Crippen LogP contribution in [0.15, 0.2) is 59.5 Å². The molecule has 0 saturated heterocycles. The Labute approximate surface area is 126 Å². The molecule has 0 fully saturated rings. The predicted octanol–water partition coefficient (Wildman–Crippen LogP) is 3.08. The van der Waals surface area contributed by atoms with E-state index in [1.165, 1.54) is 0 Å². The Morgan fingerprint density at radius 3 is 2.50 bits per heavy atom. The fraction of sp³-hybridized carbons (Fsp3) is 0.0625. The third-order valence-corrected chi connectivity index (χ3v) is 3.43. The van der Waals surface area contributed by atoms with Gasteiger partial charge in [-0.15, -0.1) is 10.2 Å². The average molecular weight is 292 g/mol. The number of ether oxygens (including phenoxy) is 1. The van der Waals surface area contributed by atoms with Crippen LogP contribution >= 0.6 is 0 Å². The van der Waals surface area contributed by atoms with Crippen molar-refractivity contribution in [2.75, 3.05) is 7.11 Å². The lowest BCUT2D eigenvalue weighted by Gasteiger charge is -1.99. The Balaban J connectivity index is 1.76. The number of rotatable bonds is 3. The molecule has 0 radical (unpaired) electrons. The van der Waals surface area contributed by atoms with Crippen molar-refractivity contribution in [3.8, 4) is 22.9 Å². The minimum Gasteiger partial charge on any atom is -0.497 e. The van der Waals surface area contributed by atoms with Gasteiger partial charge >= 0.3 is 0 Å². The van der Waals surface area contributed by atoms with Crippen molar-refractivity contribution in [2.45, 2.75) is 0 Å². The molecule has 2 heterocycles. The Morgan fingerprint density at radius 1 is 1.00 bits per heavy atom. The SMILES string of the molecule is COc1ccc(-c2nc3ccc(-n4cnnc4)cc3o2)cc1. The van der Waals surface area contributed by atoms with Gasteiger partial charge in [0.2, 0.25) is 5.89 Å². The van der Waals surface area contributed by atoms with Gasteiger partial charge in [-0.1, -0.05) is 0 Å². The number of oxazole rings is 1. The highest BCUT2D eigenvalue weighted by Crippen LogP contribution is 2.27. The maximum atomic E-state index is 5.86. The lowest BCUT2D eigenvalue weighted by atomic mass is 10.2. The van der Waals surface area contributed by atoms with Gasteiger partial charge in [-0.3, -0.25) is 4.57 Å². The van der Waals surface area contributed by atoms with E-state index in [1.807, 2.05) is 47.0 Å². The van der Waals surface area contributed by atoms with E-state index in [4.69, 9.17) is 9.15 Å². The van der Waals surface area contributed by atoms with Gasteiger partial charge in [0.25, 0.3) is 0 Å². The van der Waals surface area contributed by atoms with E-state index in [9.17, 15) is 0 Å². The summed E-state index contributed by atoms with van der Waals surface area (Å²) in [6, 6.07) is 13.4. The van der Waals surface area contributed by atoms with Crippen LogP contribution in [-0.2, 0) is 0 Å². The second-order valence-electron chi connectivity index (χ2n) is 4.77. The molecule has 0 N–H and O–H groups in total. The van der Waals surface area contributed by atoms with Gasteiger partial charge in [-0.05, 0) is 36.4 Å². The summed E-state index contributed by atoms with van der Waals surface area (Å²) in [6.07, 6.45) is 3.28. The summed E-state index contributed by atoms with van der Waals surface area (Å²) in [5, 5.41) is 7.61. The van der Waals surface area contributed by atoms with Crippen LogP contribution in [0.3, 0.4) is 0 Å². The van der Waals surface area contributed by atoms with Crippen molar-refractivity contribution in [1.29, 1.82) is 0 Å².